The number of ketones is 2. The lowest BCUT2D eigenvalue weighted by Crippen LogP contribution is -2.32. The summed E-state index contributed by atoms with van der Waals surface area (Å²) in [4.78, 5) is 27.3. The second-order valence-corrected chi connectivity index (χ2v) is 11.5. The van der Waals surface area contributed by atoms with Crippen LogP contribution in [0.2, 0.25) is 0 Å². The molecule has 0 fully saturated rings. The molecule has 230 valence electrons. The third kappa shape index (κ3) is 5.24. The fourth-order valence-corrected chi connectivity index (χ4v) is 6.58. The highest BCUT2D eigenvalue weighted by Crippen LogP contribution is 2.54. The van der Waals surface area contributed by atoms with Gasteiger partial charge in [0.15, 0.2) is 11.6 Å². The third-order valence-electron chi connectivity index (χ3n) is 8.58. The van der Waals surface area contributed by atoms with Gasteiger partial charge in [0.2, 0.25) is 0 Å². The van der Waals surface area contributed by atoms with Crippen LogP contribution in [0.1, 0.15) is 75.1 Å². The number of fused-ring (bicyclic) bond motifs is 1. The van der Waals surface area contributed by atoms with E-state index in [1.54, 1.807) is 6.08 Å². The summed E-state index contributed by atoms with van der Waals surface area (Å²) in [5.74, 6) is -5.42. The highest BCUT2D eigenvalue weighted by atomic mass is 16.5. The molecule has 0 aromatic heterocycles. The van der Waals surface area contributed by atoms with Crippen molar-refractivity contribution in [2.45, 2.75) is 37.7 Å². The van der Waals surface area contributed by atoms with Crippen molar-refractivity contribution in [2.24, 2.45) is 5.92 Å². The summed E-state index contributed by atoms with van der Waals surface area (Å²) in [7, 11) is 0. The highest BCUT2D eigenvalue weighted by Gasteiger charge is 2.43. The lowest BCUT2D eigenvalue weighted by atomic mass is 9.65. The Morgan fingerprint density at radius 1 is 0.733 bits per heavy atom. The summed E-state index contributed by atoms with van der Waals surface area (Å²) in [6.07, 6.45) is 0.799. The van der Waals surface area contributed by atoms with E-state index in [0.717, 1.165) is 11.6 Å². The number of carbonyl (C=O) groups is 2. The SMILES string of the molecule is CC1=C[C@H](c2c(O)ccc([C@@H]3CC(=O)c4c(O)cc(O)cc4O3)c2O)[C@@H](C(=O)c2ccc(O)cc2)[C@H](c2ccc(O)cc2O)C1. The van der Waals surface area contributed by atoms with Crippen LogP contribution in [0.4, 0.5) is 0 Å². The number of phenols is 7. The van der Waals surface area contributed by atoms with Gasteiger partial charge in [0.25, 0.3) is 0 Å². The van der Waals surface area contributed by atoms with Gasteiger partial charge in [-0.25, -0.2) is 0 Å². The predicted octanol–water partition coefficient (Wildman–Crippen LogP) is 6.05. The lowest BCUT2D eigenvalue weighted by molar-refractivity contribution is 0.0841. The largest absolute Gasteiger partial charge is 0.508 e. The molecule has 10 nitrogen and oxygen atoms in total. The number of allylic oxidation sites excluding steroid dienone is 2. The molecule has 0 spiro atoms. The van der Waals surface area contributed by atoms with Gasteiger partial charge in [0, 0.05) is 52.6 Å². The van der Waals surface area contributed by atoms with Gasteiger partial charge < -0.3 is 40.5 Å². The number of phenolic OH excluding ortho intramolecular Hbond substituents is 7. The molecule has 45 heavy (non-hydrogen) atoms. The summed E-state index contributed by atoms with van der Waals surface area (Å²) in [6, 6.07) is 14.7. The van der Waals surface area contributed by atoms with Crippen LogP contribution in [0.15, 0.2) is 78.4 Å². The van der Waals surface area contributed by atoms with E-state index < -0.39 is 41.1 Å². The van der Waals surface area contributed by atoms with Crippen LogP contribution in [0.5, 0.6) is 46.0 Å². The zero-order valence-corrected chi connectivity index (χ0v) is 24.0. The molecule has 0 saturated heterocycles. The molecule has 4 aromatic carbocycles. The second-order valence-electron chi connectivity index (χ2n) is 11.5. The minimum Gasteiger partial charge on any atom is -0.508 e. The zero-order valence-electron chi connectivity index (χ0n) is 24.0. The molecule has 0 radical (unpaired) electrons. The van der Waals surface area contributed by atoms with Gasteiger partial charge in [0.1, 0.15) is 57.7 Å². The van der Waals surface area contributed by atoms with Crippen LogP contribution < -0.4 is 4.74 Å². The van der Waals surface area contributed by atoms with Crippen molar-refractivity contribution in [3.63, 3.8) is 0 Å². The van der Waals surface area contributed by atoms with Gasteiger partial charge in [-0.1, -0.05) is 17.7 Å². The van der Waals surface area contributed by atoms with Crippen LogP contribution in [0.3, 0.4) is 0 Å². The molecule has 7 N–H and O–H groups in total. The summed E-state index contributed by atoms with van der Waals surface area (Å²) in [5, 5.41) is 73.8. The number of benzene rings is 4. The van der Waals surface area contributed by atoms with Crippen molar-refractivity contribution in [3.8, 4) is 46.0 Å². The first-order valence-electron chi connectivity index (χ1n) is 14.3. The smallest absolute Gasteiger partial charge is 0.174 e. The van der Waals surface area contributed by atoms with Crippen LogP contribution in [-0.2, 0) is 0 Å². The molecule has 0 bridgehead atoms. The summed E-state index contributed by atoms with van der Waals surface area (Å²) >= 11 is 0. The molecule has 4 aromatic rings. The van der Waals surface area contributed by atoms with E-state index in [1.165, 1.54) is 60.7 Å². The molecule has 0 amide bonds. The highest BCUT2D eigenvalue weighted by molar-refractivity contribution is 6.03. The van der Waals surface area contributed by atoms with Crippen molar-refractivity contribution in [2.75, 3.05) is 0 Å². The Morgan fingerprint density at radius 2 is 1.40 bits per heavy atom. The zero-order chi connectivity index (χ0) is 32.2. The Bertz CT molecular complexity index is 1870. The quantitative estimate of drug-likeness (QED) is 0.104. The maximum absolute atomic E-state index is 14.3. The Hall–Kier alpha value is -5.64. The molecule has 10 heteroatoms. The first-order chi connectivity index (χ1) is 21.4. The molecule has 6 rings (SSSR count). The minimum atomic E-state index is -1.05. The van der Waals surface area contributed by atoms with E-state index in [9.17, 15) is 45.3 Å². The molecule has 4 atom stereocenters. The van der Waals surface area contributed by atoms with Crippen LogP contribution in [0, 0.1) is 5.92 Å². The number of hydrogen-bond donors (Lipinski definition) is 7. The first kappa shape index (κ1) is 29.4. The second kappa shape index (κ2) is 11.1. The maximum Gasteiger partial charge on any atom is 0.174 e. The summed E-state index contributed by atoms with van der Waals surface area (Å²) in [6.45, 7) is 1.83. The fourth-order valence-electron chi connectivity index (χ4n) is 6.58. The topological polar surface area (TPSA) is 185 Å². The van der Waals surface area contributed by atoms with Crippen molar-refractivity contribution in [1.29, 1.82) is 0 Å². The van der Waals surface area contributed by atoms with Gasteiger partial charge >= 0.3 is 0 Å². The number of aromatic hydroxyl groups is 7. The Kier molecular flexibility index (Phi) is 7.28. The average Bonchev–Trinajstić information content (AvgIpc) is 2.96. The Balaban J connectivity index is 1.49. The average molecular weight is 611 g/mol. The molecule has 0 saturated carbocycles. The molecular formula is C35H30O10. The van der Waals surface area contributed by atoms with Gasteiger partial charge in [-0.15, -0.1) is 0 Å². The van der Waals surface area contributed by atoms with Crippen LogP contribution >= 0.6 is 0 Å². The minimum absolute atomic E-state index is 0.00699. The van der Waals surface area contributed by atoms with Crippen LogP contribution in [-0.4, -0.2) is 47.3 Å². The van der Waals surface area contributed by atoms with Gasteiger partial charge in [-0.3, -0.25) is 9.59 Å². The van der Waals surface area contributed by atoms with Crippen molar-refractivity contribution in [3.05, 3.63) is 106 Å². The summed E-state index contributed by atoms with van der Waals surface area (Å²) < 4.78 is 5.96. The molecule has 0 unspecified atom stereocenters. The molecule has 1 heterocycles. The van der Waals surface area contributed by atoms with Gasteiger partial charge in [-0.2, -0.15) is 0 Å². The molecule has 1 aliphatic heterocycles. The third-order valence-corrected chi connectivity index (χ3v) is 8.58. The van der Waals surface area contributed by atoms with Crippen LogP contribution in [0.25, 0.3) is 0 Å². The monoisotopic (exact) mass is 610 g/mol. The van der Waals surface area contributed by atoms with Crippen molar-refractivity contribution >= 4 is 11.6 Å². The van der Waals surface area contributed by atoms with Gasteiger partial charge in [-0.05, 0) is 61.4 Å². The molecule has 1 aliphatic carbocycles. The number of Topliss-reactive ketones (excluding diaryl/α,β-unsaturated/α-hetero) is 2. The maximum atomic E-state index is 14.3. The van der Waals surface area contributed by atoms with E-state index in [4.69, 9.17) is 4.74 Å². The van der Waals surface area contributed by atoms with Gasteiger partial charge in [0.05, 0.1) is 6.42 Å². The van der Waals surface area contributed by atoms with E-state index in [0.29, 0.717) is 12.0 Å². The molecule has 2 aliphatic rings. The van der Waals surface area contributed by atoms with E-state index in [-0.39, 0.29) is 69.0 Å². The van der Waals surface area contributed by atoms with Crippen molar-refractivity contribution in [1.82, 2.24) is 0 Å². The number of ether oxygens (including phenoxy) is 1. The predicted molar refractivity (Wildman–Crippen MR) is 161 cm³/mol. The number of hydrogen-bond acceptors (Lipinski definition) is 10. The van der Waals surface area contributed by atoms with E-state index >= 15 is 0 Å². The Labute approximate surface area is 257 Å². The number of rotatable bonds is 5. The van der Waals surface area contributed by atoms with Crippen molar-refractivity contribution < 1.29 is 50.1 Å². The van der Waals surface area contributed by atoms with E-state index in [1.807, 2.05) is 6.92 Å². The van der Waals surface area contributed by atoms with E-state index in [2.05, 4.69) is 0 Å². The standard InChI is InChI=1S/C35H30O10/c1-16-10-23(21-7-6-19(37)12-26(21)40)31(34(43)17-2-4-18(36)5-3-17)24(11-16)32-25(39)9-8-22(35(32)44)29-15-28(42)33-27(41)13-20(38)14-30(33)45-29/h2-9,11-14,23-24,29,31,36-41,44H,10,15H2,1H3/t23-,24-,29-,31-/m0/s1. The molecular weight excluding hydrogens is 580 g/mol. The fraction of sp³-hybridized carbons (Fsp3) is 0.200. The summed E-state index contributed by atoms with van der Waals surface area (Å²) in [5.41, 5.74) is 1.50. The normalized spacial score (nSPS) is 21.0. The Morgan fingerprint density at radius 3 is 2.11 bits per heavy atom. The first-order valence-corrected chi connectivity index (χ1v) is 14.3. The lowest BCUT2D eigenvalue weighted by Gasteiger charge is -2.37. The number of carbonyl (C=O) groups excluding carboxylic acids is 2.